The van der Waals surface area contributed by atoms with Gasteiger partial charge in [0.25, 0.3) is 0 Å². The van der Waals surface area contributed by atoms with Crippen molar-refractivity contribution in [3.8, 4) is 0 Å². The zero-order chi connectivity index (χ0) is 20.3. The number of carbonyl (C=O) groups excluding carboxylic acids is 1. The first-order chi connectivity index (χ1) is 14.0. The van der Waals surface area contributed by atoms with Crippen molar-refractivity contribution in [1.29, 1.82) is 0 Å². The number of amides is 2. The number of nitrogens with one attached hydrogen (secondary N) is 1. The van der Waals surface area contributed by atoms with E-state index in [1.165, 1.54) is 5.56 Å². The van der Waals surface area contributed by atoms with Crippen LogP contribution in [-0.4, -0.2) is 59.2 Å². The number of urea groups is 1. The van der Waals surface area contributed by atoms with Gasteiger partial charge in [-0.25, -0.2) is 9.48 Å². The summed E-state index contributed by atoms with van der Waals surface area (Å²) in [5.74, 6) is 1.21. The molecule has 29 heavy (non-hydrogen) atoms. The van der Waals surface area contributed by atoms with Crippen molar-refractivity contribution in [2.45, 2.75) is 44.8 Å². The van der Waals surface area contributed by atoms with Gasteiger partial charge in [0.1, 0.15) is 11.4 Å². The number of morpholine rings is 1. The highest BCUT2D eigenvalue weighted by molar-refractivity contribution is 5.88. The minimum Gasteiger partial charge on any atom is -0.378 e. The third-order valence-electron chi connectivity index (χ3n) is 5.75. The van der Waals surface area contributed by atoms with Crippen LogP contribution in [0.5, 0.6) is 0 Å². The Labute approximate surface area is 172 Å². The van der Waals surface area contributed by atoms with Crippen molar-refractivity contribution < 1.29 is 14.3 Å². The van der Waals surface area contributed by atoms with Crippen LogP contribution in [-0.2, 0) is 16.0 Å². The molecule has 1 aromatic carbocycles. The Balaban J connectivity index is 1.40. The molecule has 156 valence electrons. The van der Waals surface area contributed by atoms with Gasteiger partial charge in [-0.3, -0.25) is 5.32 Å². The summed E-state index contributed by atoms with van der Waals surface area (Å²) in [7, 11) is 0. The van der Waals surface area contributed by atoms with Gasteiger partial charge in [-0.15, -0.1) is 0 Å². The van der Waals surface area contributed by atoms with Gasteiger partial charge in [-0.2, -0.15) is 5.10 Å². The lowest BCUT2D eigenvalue weighted by Gasteiger charge is -2.44. The second kappa shape index (κ2) is 8.55. The predicted octanol–water partition coefficient (Wildman–Crippen LogP) is 3.47. The van der Waals surface area contributed by atoms with Crippen molar-refractivity contribution in [3.63, 3.8) is 0 Å². The Morgan fingerprint density at radius 2 is 2.07 bits per heavy atom. The van der Waals surface area contributed by atoms with Crippen LogP contribution in [0.15, 0.2) is 36.5 Å². The summed E-state index contributed by atoms with van der Waals surface area (Å²) in [6, 6.07) is 10.3. The molecule has 7 nitrogen and oxygen atoms in total. The number of rotatable bonds is 4. The molecule has 3 heterocycles. The first-order valence-electron chi connectivity index (χ1n) is 10.4. The quantitative estimate of drug-likeness (QED) is 0.856. The summed E-state index contributed by atoms with van der Waals surface area (Å²) < 4.78 is 13.4. The van der Waals surface area contributed by atoms with Crippen LogP contribution in [0.25, 0.3) is 0 Å². The standard InChI is InChI=1S/C22H30N4O3/c1-17(2)19-6-4-18(5-7-19)14-26-20(8-10-23-26)24-21(27)25-11-13-29-22(15-25)9-3-12-28-16-22/h4-8,10,17H,3,9,11-16H2,1-2H3,(H,24,27). The summed E-state index contributed by atoms with van der Waals surface area (Å²) in [5, 5.41) is 7.41. The normalized spacial score (nSPS) is 22.2. The molecule has 2 amide bonds. The van der Waals surface area contributed by atoms with E-state index in [2.05, 4.69) is 48.5 Å². The fraction of sp³-hybridized carbons (Fsp3) is 0.545. The van der Waals surface area contributed by atoms with E-state index in [1.54, 1.807) is 6.20 Å². The number of aromatic nitrogens is 2. The molecule has 1 spiro atoms. The molecule has 2 saturated heterocycles. The zero-order valence-electron chi connectivity index (χ0n) is 17.3. The van der Waals surface area contributed by atoms with Crippen molar-refractivity contribution in [2.75, 3.05) is 38.2 Å². The van der Waals surface area contributed by atoms with Crippen molar-refractivity contribution in [3.05, 3.63) is 47.7 Å². The molecule has 1 aromatic heterocycles. The number of carbonyl (C=O) groups is 1. The van der Waals surface area contributed by atoms with Crippen LogP contribution in [0.3, 0.4) is 0 Å². The van der Waals surface area contributed by atoms with E-state index >= 15 is 0 Å². The average molecular weight is 399 g/mol. The monoisotopic (exact) mass is 398 g/mol. The minimum absolute atomic E-state index is 0.116. The molecular weight excluding hydrogens is 368 g/mol. The Morgan fingerprint density at radius 1 is 1.24 bits per heavy atom. The van der Waals surface area contributed by atoms with Gasteiger partial charge in [0.15, 0.2) is 0 Å². The molecule has 0 saturated carbocycles. The number of nitrogens with zero attached hydrogens (tertiary/aromatic N) is 3. The van der Waals surface area contributed by atoms with E-state index in [0.29, 0.717) is 44.6 Å². The second-order valence-electron chi connectivity index (χ2n) is 8.31. The van der Waals surface area contributed by atoms with E-state index in [4.69, 9.17) is 9.47 Å². The first-order valence-corrected chi connectivity index (χ1v) is 10.4. The van der Waals surface area contributed by atoms with Gasteiger partial charge in [-0.05, 0) is 29.9 Å². The molecule has 2 aliphatic heterocycles. The van der Waals surface area contributed by atoms with Crippen molar-refractivity contribution in [1.82, 2.24) is 14.7 Å². The molecule has 2 aromatic rings. The summed E-state index contributed by atoms with van der Waals surface area (Å²) in [4.78, 5) is 14.7. The van der Waals surface area contributed by atoms with E-state index in [1.807, 2.05) is 15.6 Å². The highest BCUT2D eigenvalue weighted by atomic mass is 16.5. The molecule has 1 N–H and O–H groups in total. The molecule has 0 aliphatic carbocycles. The van der Waals surface area contributed by atoms with E-state index < -0.39 is 0 Å². The van der Waals surface area contributed by atoms with E-state index in [-0.39, 0.29) is 11.6 Å². The SMILES string of the molecule is CC(C)c1ccc(Cn2nccc2NC(=O)N2CCOC3(CCCOC3)C2)cc1. The zero-order valence-corrected chi connectivity index (χ0v) is 17.3. The van der Waals surface area contributed by atoms with Gasteiger partial charge in [-0.1, -0.05) is 38.1 Å². The second-order valence-corrected chi connectivity index (χ2v) is 8.31. The molecule has 1 unspecified atom stereocenters. The predicted molar refractivity (Wildman–Crippen MR) is 111 cm³/mol. The number of anilines is 1. The first kappa shape index (κ1) is 19.9. The summed E-state index contributed by atoms with van der Waals surface area (Å²) in [6.07, 6.45) is 3.62. The number of benzene rings is 1. The number of hydrogen-bond donors (Lipinski definition) is 1. The molecule has 2 fully saturated rings. The fourth-order valence-electron chi connectivity index (χ4n) is 4.02. The van der Waals surface area contributed by atoms with Crippen LogP contribution >= 0.6 is 0 Å². The summed E-state index contributed by atoms with van der Waals surface area (Å²) >= 11 is 0. The lowest BCUT2D eigenvalue weighted by molar-refractivity contribution is -0.159. The third-order valence-corrected chi connectivity index (χ3v) is 5.75. The van der Waals surface area contributed by atoms with E-state index in [9.17, 15) is 4.79 Å². The Hall–Kier alpha value is -2.38. The van der Waals surface area contributed by atoms with Gasteiger partial charge >= 0.3 is 6.03 Å². The Bertz CT molecular complexity index is 819. The van der Waals surface area contributed by atoms with E-state index in [0.717, 1.165) is 25.0 Å². The Kier molecular flexibility index (Phi) is 5.87. The summed E-state index contributed by atoms with van der Waals surface area (Å²) in [6.45, 7) is 7.99. The van der Waals surface area contributed by atoms with Crippen LogP contribution in [0.4, 0.5) is 10.6 Å². The minimum atomic E-state index is -0.355. The maximum Gasteiger partial charge on any atom is 0.323 e. The average Bonchev–Trinajstić information content (AvgIpc) is 3.15. The van der Waals surface area contributed by atoms with Gasteiger partial charge in [0.2, 0.25) is 0 Å². The number of ether oxygens (including phenoxy) is 2. The molecule has 7 heteroatoms. The molecule has 4 rings (SSSR count). The lowest BCUT2D eigenvalue weighted by Crippen LogP contribution is -2.58. The molecule has 0 radical (unpaired) electrons. The van der Waals surface area contributed by atoms with Gasteiger partial charge < -0.3 is 14.4 Å². The van der Waals surface area contributed by atoms with Crippen molar-refractivity contribution in [2.24, 2.45) is 0 Å². The lowest BCUT2D eigenvalue weighted by atomic mass is 9.94. The van der Waals surface area contributed by atoms with Crippen LogP contribution < -0.4 is 5.32 Å². The highest BCUT2D eigenvalue weighted by Gasteiger charge is 2.40. The largest absolute Gasteiger partial charge is 0.378 e. The smallest absolute Gasteiger partial charge is 0.323 e. The topological polar surface area (TPSA) is 68.6 Å². The molecule has 1 atom stereocenters. The Morgan fingerprint density at radius 3 is 2.79 bits per heavy atom. The molecule has 0 bridgehead atoms. The van der Waals surface area contributed by atoms with Gasteiger partial charge in [0, 0.05) is 19.2 Å². The summed E-state index contributed by atoms with van der Waals surface area (Å²) in [5.41, 5.74) is 2.11. The maximum absolute atomic E-state index is 12.9. The highest BCUT2D eigenvalue weighted by Crippen LogP contribution is 2.28. The van der Waals surface area contributed by atoms with Gasteiger partial charge in [0.05, 0.1) is 32.5 Å². The maximum atomic E-state index is 12.9. The van der Waals surface area contributed by atoms with Crippen LogP contribution in [0.2, 0.25) is 0 Å². The van der Waals surface area contributed by atoms with Crippen molar-refractivity contribution >= 4 is 11.8 Å². The molecular formula is C22H30N4O3. The van der Waals surface area contributed by atoms with Crippen LogP contribution in [0, 0.1) is 0 Å². The van der Waals surface area contributed by atoms with Crippen LogP contribution in [0.1, 0.15) is 43.7 Å². The number of hydrogen-bond acceptors (Lipinski definition) is 4. The fourth-order valence-corrected chi connectivity index (χ4v) is 4.02. The third kappa shape index (κ3) is 4.62. The molecule has 2 aliphatic rings.